The Balaban J connectivity index is 2.45. The van der Waals surface area contributed by atoms with E-state index in [1.54, 1.807) is 18.2 Å². The maximum atomic E-state index is 11.0. The van der Waals surface area contributed by atoms with Crippen molar-refractivity contribution in [2.75, 3.05) is 11.1 Å². The van der Waals surface area contributed by atoms with Crippen molar-refractivity contribution in [3.05, 3.63) is 52.5 Å². The third kappa shape index (κ3) is 2.63. The molecule has 0 bridgehead atoms. The molecular formula is C14H13ClN2O2. The Morgan fingerprint density at radius 2 is 1.95 bits per heavy atom. The van der Waals surface area contributed by atoms with Crippen molar-refractivity contribution >= 4 is 34.6 Å². The molecule has 4 nitrogen and oxygen atoms in total. The van der Waals surface area contributed by atoms with Gasteiger partial charge >= 0.3 is 5.97 Å². The number of nitrogens with one attached hydrogen (secondary N) is 1. The molecule has 98 valence electrons. The second kappa shape index (κ2) is 5.20. The minimum Gasteiger partial charge on any atom is -0.478 e. The predicted octanol–water partition coefficient (Wildman–Crippen LogP) is 3.67. The highest BCUT2D eigenvalue weighted by Gasteiger charge is 2.12. The van der Waals surface area contributed by atoms with Crippen molar-refractivity contribution < 1.29 is 9.90 Å². The molecule has 0 atom stereocenters. The number of hydrogen-bond donors (Lipinski definition) is 3. The van der Waals surface area contributed by atoms with E-state index >= 15 is 0 Å². The molecule has 0 saturated carbocycles. The van der Waals surface area contributed by atoms with Gasteiger partial charge in [-0.2, -0.15) is 0 Å². The monoisotopic (exact) mass is 276 g/mol. The summed E-state index contributed by atoms with van der Waals surface area (Å²) >= 11 is 6.11. The topological polar surface area (TPSA) is 75.3 Å². The summed E-state index contributed by atoms with van der Waals surface area (Å²) in [5.74, 6) is -1.06. The van der Waals surface area contributed by atoms with Crippen LogP contribution in [-0.2, 0) is 0 Å². The fourth-order valence-electron chi connectivity index (χ4n) is 1.79. The van der Waals surface area contributed by atoms with Crippen LogP contribution in [0, 0.1) is 6.92 Å². The fourth-order valence-corrected chi connectivity index (χ4v) is 2.05. The van der Waals surface area contributed by atoms with E-state index in [0.717, 1.165) is 11.3 Å². The summed E-state index contributed by atoms with van der Waals surface area (Å²) < 4.78 is 0. The van der Waals surface area contributed by atoms with Crippen LogP contribution in [0.5, 0.6) is 0 Å². The Morgan fingerprint density at radius 1 is 1.26 bits per heavy atom. The lowest BCUT2D eigenvalue weighted by molar-refractivity contribution is 0.0698. The minimum absolute atomic E-state index is 0.0645. The number of rotatable bonds is 3. The molecule has 0 amide bonds. The number of carbonyl (C=O) groups is 1. The third-order valence-corrected chi connectivity index (χ3v) is 3.13. The van der Waals surface area contributed by atoms with Crippen molar-refractivity contribution in [2.24, 2.45) is 0 Å². The van der Waals surface area contributed by atoms with Crippen LogP contribution < -0.4 is 11.1 Å². The maximum Gasteiger partial charge on any atom is 0.337 e. The van der Waals surface area contributed by atoms with E-state index in [-0.39, 0.29) is 11.3 Å². The van der Waals surface area contributed by atoms with Gasteiger partial charge in [-0.3, -0.25) is 0 Å². The van der Waals surface area contributed by atoms with E-state index in [2.05, 4.69) is 5.32 Å². The van der Waals surface area contributed by atoms with Crippen LogP contribution in [0.15, 0.2) is 36.4 Å². The largest absolute Gasteiger partial charge is 0.478 e. The lowest BCUT2D eigenvalue weighted by Crippen LogP contribution is -2.05. The van der Waals surface area contributed by atoms with Gasteiger partial charge in [0.2, 0.25) is 0 Å². The van der Waals surface area contributed by atoms with E-state index in [1.807, 2.05) is 19.1 Å². The van der Waals surface area contributed by atoms with E-state index in [9.17, 15) is 4.79 Å². The smallest absolute Gasteiger partial charge is 0.337 e. The van der Waals surface area contributed by atoms with Crippen LogP contribution in [0.1, 0.15) is 15.9 Å². The average Bonchev–Trinajstić information content (AvgIpc) is 2.35. The summed E-state index contributed by atoms with van der Waals surface area (Å²) in [4.78, 5) is 11.0. The van der Waals surface area contributed by atoms with Gasteiger partial charge in [0.25, 0.3) is 0 Å². The zero-order valence-corrected chi connectivity index (χ0v) is 11.0. The summed E-state index contributed by atoms with van der Waals surface area (Å²) in [6.45, 7) is 1.91. The summed E-state index contributed by atoms with van der Waals surface area (Å²) in [6, 6.07) is 10.3. The first-order valence-electron chi connectivity index (χ1n) is 5.64. The van der Waals surface area contributed by atoms with Crippen LogP contribution in [0.2, 0.25) is 5.02 Å². The normalized spacial score (nSPS) is 10.2. The van der Waals surface area contributed by atoms with Crippen LogP contribution in [-0.4, -0.2) is 11.1 Å². The summed E-state index contributed by atoms with van der Waals surface area (Å²) in [5, 5.41) is 12.7. The Hall–Kier alpha value is -2.20. The molecular weight excluding hydrogens is 264 g/mol. The Kier molecular flexibility index (Phi) is 3.62. The van der Waals surface area contributed by atoms with Gasteiger partial charge in [-0.15, -0.1) is 0 Å². The molecule has 0 fully saturated rings. The minimum atomic E-state index is -1.06. The molecule has 4 N–H and O–H groups in total. The summed E-state index contributed by atoms with van der Waals surface area (Å²) in [6.07, 6.45) is 0. The van der Waals surface area contributed by atoms with E-state index < -0.39 is 5.97 Å². The number of carboxylic acids is 1. The fraction of sp³-hybridized carbons (Fsp3) is 0.0714. The van der Waals surface area contributed by atoms with Crippen molar-refractivity contribution in [1.29, 1.82) is 0 Å². The van der Waals surface area contributed by atoms with E-state index in [0.29, 0.717) is 10.7 Å². The van der Waals surface area contributed by atoms with Gasteiger partial charge in [-0.25, -0.2) is 4.79 Å². The van der Waals surface area contributed by atoms with E-state index in [1.165, 1.54) is 6.07 Å². The van der Waals surface area contributed by atoms with Crippen LogP contribution in [0.3, 0.4) is 0 Å². The number of nitrogens with two attached hydrogens (primary N) is 1. The van der Waals surface area contributed by atoms with Gasteiger partial charge in [0.05, 0.1) is 27.6 Å². The molecule has 0 unspecified atom stereocenters. The lowest BCUT2D eigenvalue weighted by Gasteiger charge is -2.14. The Labute approximate surface area is 115 Å². The number of nitrogen functional groups attached to an aromatic ring is 1. The van der Waals surface area contributed by atoms with Gasteiger partial charge < -0.3 is 16.2 Å². The van der Waals surface area contributed by atoms with Gasteiger partial charge in [0.1, 0.15) is 0 Å². The molecule has 5 heteroatoms. The summed E-state index contributed by atoms with van der Waals surface area (Å²) in [5.41, 5.74) is 8.30. The SMILES string of the molecule is Cc1cccc(Cl)c1Nc1cccc(C(=O)O)c1N. The number of para-hydroxylation sites is 2. The number of aromatic carboxylic acids is 1. The molecule has 0 aliphatic rings. The van der Waals surface area contributed by atoms with Crippen molar-refractivity contribution in [3.63, 3.8) is 0 Å². The van der Waals surface area contributed by atoms with Crippen LogP contribution in [0.4, 0.5) is 17.1 Å². The molecule has 2 aromatic carbocycles. The molecule has 19 heavy (non-hydrogen) atoms. The van der Waals surface area contributed by atoms with Gasteiger partial charge in [0.15, 0.2) is 0 Å². The standard InChI is InChI=1S/C14H13ClN2O2/c1-8-4-2-6-10(15)13(8)17-11-7-3-5-9(12(11)16)14(18)19/h2-7,17H,16H2,1H3,(H,18,19). The number of hydrogen-bond acceptors (Lipinski definition) is 3. The molecule has 0 saturated heterocycles. The quantitative estimate of drug-likeness (QED) is 0.748. The Bertz CT molecular complexity index is 621. The van der Waals surface area contributed by atoms with Gasteiger partial charge in [0, 0.05) is 0 Å². The summed E-state index contributed by atoms with van der Waals surface area (Å²) in [7, 11) is 0. The first kappa shape index (κ1) is 13.2. The van der Waals surface area contributed by atoms with Gasteiger partial charge in [-0.1, -0.05) is 29.8 Å². The molecule has 0 aromatic heterocycles. The molecule has 0 spiro atoms. The molecule has 2 rings (SSSR count). The number of benzene rings is 2. The molecule has 0 aliphatic heterocycles. The maximum absolute atomic E-state index is 11.0. The number of carboxylic acid groups (broad SMARTS) is 1. The molecule has 0 heterocycles. The third-order valence-electron chi connectivity index (χ3n) is 2.82. The number of aryl methyl sites for hydroxylation is 1. The first-order valence-corrected chi connectivity index (χ1v) is 6.02. The van der Waals surface area contributed by atoms with Crippen molar-refractivity contribution in [3.8, 4) is 0 Å². The average molecular weight is 277 g/mol. The molecule has 0 aliphatic carbocycles. The Morgan fingerprint density at radius 3 is 2.58 bits per heavy atom. The highest BCUT2D eigenvalue weighted by Crippen LogP contribution is 2.32. The number of anilines is 3. The van der Waals surface area contributed by atoms with Crippen molar-refractivity contribution in [2.45, 2.75) is 6.92 Å². The van der Waals surface area contributed by atoms with Crippen LogP contribution >= 0.6 is 11.6 Å². The predicted molar refractivity (Wildman–Crippen MR) is 77.3 cm³/mol. The second-order valence-corrected chi connectivity index (χ2v) is 4.54. The highest BCUT2D eigenvalue weighted by atomic mass is 35.5. The van der Waals surface area contributed by atoms with Gasteiger partial charge in [-0.05, 0) is 30.7 Å². The second-order valence-electron chi connectivity index (χ2n) is 4.13. The lowest BCUT2D eigenvalue weighted by atomic mass is 10.1. The zero-order chi connectivity index (χ0) is 14.0. The zero-order valence-electron chi connectivity index (χ0n) is 10.3. The molecule has 0 radical (unpaired) electrons. The molecule has 2 aromatic rings. The number of halogens is 1. The highest BCUT2D eigenvalue weighted by molar-refractivity contribution is 6.33. The van der Waals surface area contributed by atoms with Crippen LogP contribution in [0.25, 0.3) is 0 Å². The van der Waals surface area contributed by atoms with E-state index in [4.69, 9.17) is 22.4 Å². The first-order chi connectivity index (χ1) is 9.00. The van der Waals surface area contributed by atoms with Crippen molar-refractivity contribution in [1.82, 2.24) is 0 Å².